The van der Waals surface area contributed by atoms with Crippen molar-refractivity contribution >= 4 is 43.2 Å². The Morgan fingerprint density at radius 2 is 1.23 bits per heavy atom. The first-order valence-corrected chi connectivity index (χ1v) is 14.0. The van der Waals surface area contributed by atoms with Crippen LogP contribution in [0.15, 0.2) is 133 Å². The first-order chi connectivity index (χ1) is 19.8. The van der Waals surface area contributed by atoms with Gasteiger partial charge in [0.1, 0.15) is 5.82 Å². The van der Waals surface area contributed by atoms with Crippen molar-refractivity contribution in [2.45, 2.75) is 0 Å². The predicted octanol–water partition coefficient (Wildman–Crippen LogP) is 9.18. The van der Waals surface area contributed by atoms with Crippen LogP contribution in [0, 0.1) is 0 Å². The molecule has 4 nitrogen and oxygen atoms in total. The van der Waals surface area contributed by atoms with E-state index in [0.717, 1.165) is 50.4 Å². The van der Waals surface area contributed by atoms with Crippen LogP contribution in [-0.4, -0.2) is 19.5 Å². The maximum atomic E-state index is 5.24. The third-order valence-corrected chi connectivity index (χ3v) is 8.45. The molecule has 0 bridgehead atoms. The molecule has 5 heterocycles. The van der Waals surface area contributed by atoms with Crippen LogP contribution < -0.4 is 0 Å². The molecule has 3 aromatic carbocycles. The number of hydrogen-bond donors (Lipinski definition) is 0. The number of aromatic nitrogens is 4. The normalized spacial score (nSPS) is 11.5. The maximum Gasteiger partial charge on any atom is 0.138 e. The lowest BCUT2D eigenvalue weighted by molar-refractivity contribution is 1.08. The highest BCUT2D eigenvalue weighted by atomic mass is 32.1. The Bertz CT molecular complexity index is 2140. The summed E-state index contributed by atoms with van der Waals surface area (Å²) >= 11 is 1.80. The average Bonchev–Trinajstić information content (AvgIpc) is 3.64. The van der Waals surface area contributed by atoms with Crippen LogP contribution in [0.2, 0.25) is 0 Å². The van der Waals surface area contributed by atoms with Crippen LogP contribution in [0.5, 0.6) is 0 Å². The van der Waals surface area contributed by atoms with E-state index in [-0.39, 0.29) is 0 Å². The second-order valence-corrected chi connectivity index (χ2v) is 10.7. The molecule has 0 unspecified atom stereocenters. The highest BCUT2D eigenvalue weighted by Gasteiger charge is 2.17. The summed E-state index contributed by atoms with van der Waals surface area (Å²) < 4.78 is 3.62. The van der Waals surface area contributed by atoms with Gasteiger partial charge in [0.15, 0.2) is 0 Å². The van der Waals surface area contributed by atoms with Crippen molar-refractivity contribution in [3.63, 3.8) is 0 Å². The molecule has 5 aromatic heterocycles. The van der Waals surface area contributed by atoms with Gasteiger partial charge >= 0.3 is 0 Å². The van der Waals surface area contributed by atoms with Crippen molar-refractivity contribution in [3.8, 4) is 39.3 Å². The van der Waals surface area contributed by atoms with Gasteiger partial charge < -0.3 is 0 Å². The summed E-state index contributed by atoms with van der Waals surface area (Å²) in [6, 6.07) is 36.5. The smallest absolute Gasteiger partial charge is 0.138 e. The minimum Gasteiger partial charge on any atom is -0.294 e. The highest BCUT2D eigenvalue weighted by Crippen LogP contribution is 2.39. The van der Waals surface area contributed by atoms with Crippen LogP contribution in [-0.2, 0) is 0 Å². The second kappa shape index (κ2) is 9.26. The Kier molecular flexibility index (Phi) is 5.28. The molecular weight excluding hydrogens is 508 g/mol. The lowest BCUT2D eigenvalue weighted by Gasteiger charge is -2.13. The Hall–Kier alpha value is -5.13. The molecule has 0 saturated heterocycles. The zero-order valence-electron chi connectivity index (χ0n) is 21.4. The van der Waals surface area contributed by atoms with Crippen molar-refractivity contribution in [3.05, 3.63) is 133 Å². The van der Waals surface area contributed by atoms with Crippen LogP contribution in [0.1, 0.15) is 0 Å². The molecule has 0 radical (unpaired) electrons. The van der Waals surface area contributed by atoms with Gasteiger partial charge in [-0.2, -0.15) is 0 Å². The summed E-state index contributed by atoms with van der Waals surface area (Å²) in [5.41, 5.74) is 8.83. The van der Waals surface area contributed by atoms with Gasteiger partial charge in [-0.25, -0.2) is 4.98 Å². The average molecular weight is 531 g/mol. The van der Waals surface area contributed by atoms with Crippen LogP contribution >= 0.6 is 11.3 Å². The van der Waals surface area contributed by atoms with Gasteiger partial charge in [0, 0.05) is 45.8 Å². The number of pyridine rings is 3. The molecule has 5 heteroatoms. The van der Waals surface area contributed by atoms with Crippen molar-refractivity contribution in [2.24, 2.45) is 0 Å². The first kappa shape index (κ1) is 22.8. The number of fused-ring (bicyclic) bond motifs is 5. The van der Waals surface area contributed by atoms with E-state index >= 15 is 0 Å². The number of para-hydroxylation sites is 1. The molecule has 0 aliphatic rings. The largest absolute Gasteiger partial charge is 0.294 e. The van der Waals surface area contributed by atoms with Gasteiger partial charge in [-0.3, -0.25) is 14.5 Å². The summed E-state index contributed by atoms with van der Waals surface area (Å²) in [5, 5.41) is 5.97. The Morgan fingerprint density at radius 1 is 0.550 bits per heavy atom. The maximum absolute atomic E-state index is 5.24. The SMILES string of the molecule is c1ccc2c(c1)c1c3sccc3ccc1n2-c1cc(-c2ccc(-c3ccncc3)cc2)cc(-c2ccncc2)n1. The lowest BCUT2D eigenvalue weighted by atomic mass is 10.00. The Morgan fingerprint density at radius 3 is 2.00 bits per heavy atom. The van der Waals surface area contributed by atoms with Crippen LogP contribution in [0.3, 0.4) is 0 Å². The molecule has 8 rings (SSSR count). The highest BCUT2D eigenvalue weighted by molar-refractivity contribution is 7.18. The third-order valence-electron chi connectivity index (χ3n) is 7.50. The number of benzene rings is 3. The van der Waals surface area contributed by atoms with Gasteiger partial charge in [-0.15, -0.1) is 11.3 Å². The van der Waals surface area contributed by atoms with E-state index in [2.05, 4.69) is 98.8 Å². The Labute approximate surface area is 234 Å². The molecule has 0 amide bonds. The zero-order valence-corrected chi connectivity index (χ0v) is 22.2. The molecule has 0 saturated carbocycles. The Balaban J connectivity index is 1.38. The van der Waals surface area contributed by atoms with Gasteiger partial charge in [0.2, 0.25) is 0 Å². The van der Waals surface area contributed by atoms with Gasteiger partial charge in [0.05, 0.1) is 16.7 Å². The first-order valence-electron chi connectivity index (χ1n) is 13.2. The van der Waals surface area contributed by atoms with Crippen molar-refractivity contribution in [2.75, 3.05) is 0 Å². The monoisotopic (exact) mass is 530 g/mol. The predicted molar refractivity (Wildman–Crippen MR) is 166 cm³/mol. The molecule has 0 aliphatic carbocycles. The summed E-state index contributed by atoms with van der Waals surface area (Å²) in [6.45, 7) is 0. The van der Waals surface area contributed by atoms with E-state index in [4.69, 9.17) is 4.98 Å². The molecule has 40 heavy (non-hydrogen) atoms. The van der Waals surface area contributed by atoms with Gasteiger partial charge in [0.25, 0.3) is 0 Å². The number of rotatable bonds is 4. The molecule has 188 valence electrons. The van der Waals surface area contributed by atoms with E-state index in [1.807, 2.05) is 49.1 Å². The summed E-state index contributed by atoms with van der Waals surface area (Å²) in [6.07, 6.45) is 7.30. The summed E-state index contributed by atoms with van der Waals surface area (Å²) in [7, 11) is 0. The molecule has 0 atom stereocenters. The third kappa shape index (κ3) is 3.71. The fraction of sp³-hybridized carbons (Fsp3) is 0. The van der Waals surface area contributed by atoms with Gasteiger partial charge in [-0.05, 0) is 87.6 Å². The topological polar surface area (TPSA) is 43.6 Å². The van der Waals surface area contributed by atoms with E-state index in [1.54, 1.807) is 11.3 Å². The standard InChI is InChI=1S/C35H22N4S/c1-2-4-31-29(3-1)34-32(10-9-27-15-20-40-35(27)34)39(31)33-22-28(21-30(38-33)26-13-18-37-19-14-26)24-7-5-23(6-8-24)25-11-16-36-17-12-25/h1-22H. The van der Waals surface area contributed by atoms with Crippen molar-refractivity contribution in [1.29, 1.82) is 0 Å². The molecule has 0 spiro atoms. The number of hydrogen-bond acceptors (Lipinski definition) is 4. The summed E-state index contributed by atoms with van der Waals surface area (Å²) in [5.74, 6) is 0.893. The van der Waals surface area contributed by atoms with E-state index in [0.29, 0.717) is 0 Å². The van der Waals surface area contributed by atoms with Gasteiger partial charge in [-0.1, -0.05) is 48.5 Å². The zero-order chi connectivity index (χ0) is 26.5. The molecule has 8 aromatic rings. The molecule has 0 aliphatic heterocycles. The van der Waals surface area contributed by atoms with E-state index in [1.165, 1.54) is 20.9 Å². The fourth-order valence-electron chi connectivity index (χ4n) is 5.59. The minimum atomic E-state index is 0.893. The number of thiophene rings is 1. The van der Waals surface area contributed by atoms with Crippen molar-refractivity contribution < 1.29 is 0 Å². The molecular formula is C35H22N4S. The summed E-state index contributed by atoms with van der Waals surface area (Å²) in [4.78, 5) is 13.6. The van der Waals surface area contributed by atoms with E-state index in [9.17, 15) is 0 Å². The molecule has 0 N–H and O–H groups in total. The lowest BCUT2D eigenvalue weighted by Crippen LogP contribution is -2.00. The minimum absolute atomic E-state index is 0.893. The number of nitrogens with zero attached hydrogens (tertiary/aromatic N) is 4. The van der Waals surface area contributed by atoms with Crippen molar-refractivity contribution in [1.82, 2.24) is 19.5 Å². The van der Waals surface area contributed by atoms with Crippen LogP contribution in [0.4, 0.5) is 0 Å². The quantitative estimate of drug-likeness (QED) is 0.228. The second-order valence-electron chi connectivity index (χ2n) is 9.80. The van der Waals surface area contributed by atoms with E-state index < -0.39 is 0 Å². The van der Waals surface area contributed by atoms with Crippen LogP contribution in [0.25, 0.3) is 71.2 Å². The fourth-order valence-corrected chi connectivity index (χ4v) is 6.55. The molecule has 0 fully saturated rings.